The first-order chi connectivity index (χ1) is 8.76. The molecule has 100 valence electrons. The minimum absolute atomic E-state index is 0.0103. The van der Waals surface area contributed by atoms with Gasteiger partial charge >= 0.3 is 15.7 Å². The minimum atomic E-state index is -3.70. The molecule has 0 N–H and O–H groups in total. The average molecular weight is 283 g/mol. The molecule has 0 amide bonds. The van der Waals surface area contributed by atoms with Gasteiger partial charge in [-0.05, 0) is 18.2 Å². The van der Waals surface area contributed by atoms with E-state index in [9.17, 15) is 23.1 Å². The van der Waals surface area contributed by atoms with Gasteiger partial charge in [0.1, 0.15) is 11.3 Å². The summed E-state index contributed by atoms with van der Waals surface area (Å²) in [5, 5.41) is 11.0. The van der Waals surface area contributed by atoms with Gasteiger partial charge in [0, 0.05) is 11.5 Å². The highest BCUT2D eigenvalue weighted by molar-refractivity contribution is 7.86. The number of carbonyl (C=O) groups excluding carboxylic acids is 1. The summed E-state index contributed by atoms with van der Waals surface area (Å²) in [6.07, 6.45) is 0.868. The predicted molar refractivity (Wildman–Crippen MR) is 62.3 cm³/mol. The highest BCUT2D eigenvalue weighted by Gasteiger charge is 2.09. The van der Waals surface area contributed by atoms with E-state index in [0.29, 0.717) is 5.39 Å². The summed E-state index contributed by atoms with van der Waals surface area (Å²) in [5.41, 5.74) is -1.68. The average Bonchev–Trinajstić information content (AvgIpc) is 2.25. The molecule has 0 saturated carbocycles. The summed E-state index contributed by atoms with van der Waals surface area (Å²) in [6.45, 7) is 0. The lowest BCUT2D eigenvalue weighted by Gasteiger charge is -2.05. The maximum absolute atomic E-state index is 11.3. The molecule has 0 unspecified atom stereocenters. The molecule has 0 aliphatic heterocycles. The van der Waals surface area contributed by atoms with E-state index in [1.807, 2.05) is 0 Å². The molecular weight excluding hydrogens is 276 g/mol. The lowest BCUT2D eigenvalue weighted by atomic mass is 10.2. The van der Waals surface area contributed by atoms with E-state index in [1.165, 1.54) is 18.2 Å². The zero-order valence-corrected chi connectivity index (χ0v) is 10.4. The molecule has 0 bridgehead atoms. The summed E-state index contributed by atoms with van der Waals surface area (Å²) >= 11 is 0. The van der Waals surface area contributed by atoms with Crippen molar-refractivity contribution in [3.05, 3.63) is 40.2 Å². The Kier molecular flexibility index (Phi) is 3.03. The van der Waals surface area contributed by atoms with Crippen LogP contribution in [0.15, 0.2) is 33.5 Å². The molecular formula is C11H7O7S-. The SMILES string of the molecule is CS(=O)(=O)Oc1ccc2cc(C(=O)[O-])c(=O)oc2c1. The Hall–Kier alpha value is -2.35. The number of benzene rings is 1. The molecule has 0 saturated heterocycles. The van der Waals surface area contributed by atoms with Gasteiger partial charge < -0.3 is 18.5 Å². The van der Waals surface area contributed by atoms with Crippen molar-refractivity contribution >= 4 is 27.1 Å². The van der Waals surface area contributed by atoms with Gasteiger partial charge in [0.25, 0.3) is 0 Å². The Balaban J connectivity index is 2.59. The van der Waals surface area contributed by atoms with Crippen molar-refractivity contribution in [1.82, 2.24) is 0 Å². The van der Waals surface area contributed by atoms with Gasteiger partial charge in [0.15, 0.2) is 0 Å². The highest BCUT2D eigenvalue weighted by atomic mass is 32.2. The van der Waals surface area contributed by atoms with Crippen LogP contribution >= 0.6 is 0 Å². The molecule has 2 rings (SSSR count). The summed E-state index contributed by atoms with van der Waals surface area (Å²) in [5.74, 6) is -1.69. The molecule has 1 aromatic carbocycles. The second-order valence-electron chi connectivity index (χ2n) is 3.72. The van der Waals surface area contributed by atoms with Gasteiger partial charge in [0.2, 0.25) is 0 Å². The minimum Gasteiger partial charge on any atom is -0.545 e. The Bertz CT molecular complexity index is 817. The van der Waals surface area contributed by atoms with Gasteiger partial charge in [-0.3, -0.25) is 0 Å². The van der Waals surface area contributed by atoms with E-state index in [0.717, 1.165) is 12.3 Å². The Morgan fingerprint density at radius 3 is 2.58 bits per heavy atom. The van der Waals surface area contributed by atoms with E-state index in [1.54, 1.807) is 0 Å². The van der Waals surface area contributed by atoms with Crippen LogP contribution in [0.1, 0.15) is 10.4 Å². The van der Waals surface area contributed by atoms with Crippen molar-refractivity contribution in [2.75, 3.05) is 6.26 Å². The number of carbonyl (C=O) groups is 1. The third-order valence-corrected chi connectivity index (χ3v) is 2.67. The lowest BCUT2D eigenvalue weighted by molar-refractivity contribution is -0.255. The molecule has 0 spiro atoms. The number of carboxylic acid groups (broad SMARTS) is 1. The predicted octanol–water partition coefficient (Wildman–Crippen LogP) is -0.505. The number of carboxylic acids is 1. The molecule has 0 aliphatic carbocycles. The quantitative estimate of drug-likeness (QED) is 0.550. The monoisotopic (exact) mass is 283 g/mol. The van der Waals surface area contributed by atoms with Gasteiger partial charge in [-0.1, -0.05) is 0 Å². The largest absolute Gasteiger partial charge is 0.545 e. The molecule has 8 heteroatoms. The molecule has 0 radical (unpaired) electrons. The first kappa shape index (κ1) is 13.1. The molecule has 7 nitrogen and oxygen atoms in total. The molecule has 0 atom stereocenters. The van der Waals surface area contributed by atoms with Crippen LogP contribution in [0.3, 0.4) is 0 Å². The summed E-state index contributed by atoms with van der Waals surface area (Å²) in [6, 6.07) is 4.94. The molecule has 0 aliphatic rings. The zero-order valence-electron chi connectivity index (χ0n) is 9.58. The zero-order chi connectivity index (χ0) is 14.2. The Labute approximate surface area is 107 Å². The van der Waals surface area contributed by atoms with Gasteiger partial charge in [-0.15, -0.1) is 0 Å². The van der Waals surface area contributed by atoms with Gasteiger partial charge in [-0.25, -0.2) is 4.79 Å². The van der Waals surface area contributed by atoms with Crippen LogP contribution in [0.25, 0.3) is 11.0 Å². The maximum Gasteiger partial charge on any atom is 0.345 e. The van der Waals surface area contributed by atoms with Crippen LogP contribution in [0.4, 0.5) is 0 Å². The first-order valence-electron chi connectivity index (χ1n) is 4.95. The third-order valence-electron chi connectivity index (χ3n) is 2.17. The summed E-state index contributed by atoms with van der Waals surface area (Å²) in [7, 11) is -3.70. The van der Waals surface area contributed by atoms with Crippen LogP contribution in [0.5, 0.6) is 5.75 Å². The number of rotatable bonds is 3. The Morgan fingerprint density at radius 1 is 1.32 bits per heavy atom. The maximum atomic E-state index is 11.3. The summed E-state index contributed by atoms with van der Waals surface area (Å²) < 4.78 is 31.3. The number of aromatic carboxylic acids is 1. The fraction of sp³-hybridized carbons (Fsp3) is 0.0909. The van der Waals surface area contributed by atoms with Crippen LogP contribution in [0, 0.1) is 0 Å². The van der Waals surface area contributed by atoms with E-state index in [2.05, 4.69) is 4.18 Å². The third kappa shape index (κ3) is 2.91. The second kappa shape index (κ2) is 4.39. The van der Waals surface area contributed by atoms with Gasteiger partial charge in [-0.2, -0.15) is 8.42 Å². The van der Waals surface area contributed by atoms with Crippen molar-refractivity contribution in [3.63, 3.8) is 0 Å². The van der Waals surface area contributed by atoms with Crippen molar-refractivity contribution in [2.24, 2.45) is 0 Å². The normalized spacial score (nSPS) is 11.4. The first-order valence-corrected chi connectivity index (χ1v) is 6.76. The topological polar surface area (TPSA) is 114 Å². The molecule has 1 heterocycles. The lowest BCUT2D eigenvalue weighted by Crippen LogP contribution is -2.28. The standard InChI is InChI=1S/C11H8O7S/c1-19(15,16)18-7-3-2-6-4-8(10(12)13)11(14)17-9(6)5-7/h2-5H,1H3,(H,12,13)/p-1. The van der Waals surface area contributed by atoms with E-state index >= 15 is 0 Å². The van der Waals surface area contributed by atoms with Crippen molar-refractivity contribution in [2.45, 2.75) is 0 Å². The van der Waals surface area contributed by atoms with Crippen LogP contribution in [0.2, 0.25) is 0 Å². The van der Waals surface area contributed by atoms with Gasteiger partial charge in [0.05, 0.1) is 17.8 Å². The van der Waals surface area contributed by atoms with Crippen molar-refractivity contribution in [1.29, 1.82) is 0 Å². The van der Waals surface area contributed by atoms with E-state index < -0.39 is 27.3 Å². The van der Waals surface area contributed by atoms with Crippen molar-refractivity contribution < 1.29 is 26.9 Å². The number of fused-ring (bicyclic) bond motifs is 1. The molecule has 19 heavy (non-hydrogen) atoms. The Morgan fingerprint density at radius 2 is 2.00 bits per heavy atom. The molecule has 0 fully saturated rings. The van der Waals surface area contributed by atoms with Crippen LogP contribution in [-0.2, 0) is 10.1 Å². The second-order valence-corrected chi connectivity index (χ2v) is 5.30. The molecule has 1 aromatic heterocycles. The smallest absolute Gasteiger partial charge is 0.345 e. The fourth-order valence-corrected chi connectivity index (χ4v) is 1.91. The van der Waals surface area contributed by atoms with E-state index in [4.69, 9.17) is 4.42 Å². The van der Waals surface area contributed by atoms with Crippen molar-refractivity contribution in [3.8, 4) is 5.75 Å². The van der Waals surface area contributed by atoms with Crippen LogP contribution < -0.4 is 14.9 Å². The molecule has 2 aromatic rings. The fourth-order valence-electron chi connectivity index (χ4n) is 1.46. The van der Waals surface area contributed by atoms with E-state index in [-0.39, 0.29) is 11.3 Å². The summed E-state index contributed by atoms with van der Waals surface area (Å²) in [4.78, 5) is 22.0. The number of hydrogen-bond donors (Lipinski definition) is 0. The highest BCUT2D eigenvalue weighted by Crippen LogP contribution is 2.21. The van der Waals surface area contributed by atoms with Crippen LogP contribution in [-0.4, -0.2) is 20.6 Å². The number of hydrogen-bond acceptors (Lipinski definition) is 7.